The Morgan fingerprint density at radius 3 is 2.53 bits per heavy atom. The minimum Gasteiger partial charge on any atom is -0.277 e. The zero-order chi connectivity index (χ0) is 14.2. The number of halogens is 3. The van der Waals surface area contributed by atoms with Crippen LogP contribution in [0.2, 0.25) is 9.36 Å². The van der Waals surface area contributed by atoms with Crippen LogP contribution < -0.4 is 4.72 Å². The van der Waals surface area contributed by atoms with E-state index in [2.05, 4.69) is 27.3 Å². The number of anilines is 1. The Kier molecular flexibility index (Phi) is 4.67. The van der Waals surface area contributed by atoms with Gasteiger partial charge in [0, 0.05) is 3.57 Å². The number of benzene rings is 1. The average Bonchev–Trinajstić information content (AvgIpc) is 2.65. The highest BCUT2D eigenvalue weighted by molar-refractivity contribution is 14.1. The van der Waals surface area contributed by atoms with E-state index in [0.717, 1.165) is 20.5 Å². The molecule has 0 bridgehead atoms. The highest BCUT2D eigenvalue weighted by Crippen LogP contribution is 2.32. The van der Waals surface area contributed by atoms with Gasteiger partial charge in [-0.15, -0.1) is 11.3 Å². The molecule has 0 amide bonds. The molecular weight excluding hydrogens is 440 g/mol. The highest BCUT2D eigenvalue weighted by Gasteiger charge is 2.19. The van der Waals surface area contributed by atoms with Crippen LogP contribution in [0.1, 0.15) is 5.56 Å². The SMILES string of the molecule is Cc1cc(S(=O)(=O)Nc2cc(I)ccc2Cl)sc1Cl. The molecule has 1 aromatic heterocycles. The molecule has 1 aromatic carbocycles. The van der Waals surface area contributed by atoms with Gasteiger partial charge >= 0.3 is 0 Å². The molecule has 19 heavy (non-hydrogen) atoms. The van der Waals surface area contributed by atoms with Crippen molar-refractivity contribution in [1.82, 2.24) is 0 Å². The number of nitrogens with one attached hydrogen (secondary N) is 1. The van der Waals surface area contributed by atoms with E-state index in [4.69, 9.17) is 23.2 Å². The average molecular weight is 448 g/mol. The van der Waals surface area contributed by atoms with E-state index in [1.807, 2.05) is 0 Å². The quantitative estimate of drug-likeness (QED) is 0.689. The first-order valence-corrected chi connectivity index (χ1v) is 9.17. The summed E-state index contributed by atoms with van der Waals surface area (Å²) in [5.41, 5.74) is 1.09. The fraction of sp³-hybridized carbons (Fsp3) is 0.0909. The lowest BCUT2D eigenvalue weighted by molar-refractivity contribution is 0.603. The van der Waals surface area contributed by atoms with E-state index in [1.165, 1.54) is 6.07 Å². The van der Waals surface area contributed by atoms with Gasteiger partial charge in [-0.05, 0) is 59.3 Å². The standard InChI is InChI=1S/C11H8Cl2INO2S2/c1-6-4-10(18-11(6)13)19(16,17)15-9-5-7(14)2-3-8(9)12/h2-5,15H,1H3. The minimum atomic E-state index is -3.66. The molecule has 0 saturated carbocycles. The third-order valence-corrected chi connectivity index (χ3v) is 6.67. The second-order valence-corrected chi connectivity index (χ2v) is 8.97. The zero-order valence-electron chi connectivity index (χ0n) is 9.58. The molecule has 3 nitrogen and oxygen atoms in total. The Bertz CT molecular complexity index is 709. The summed E-state index contributed by atoms with van der Waals surface area (Å²) >= 11 is 15.0. The normalized spacial score (nSPS) is 11.6. The highest BCUT2D eigenvalue weighted by atomic mass is 127. The molecule has 2 rings (SSSR count). The number of hydrogen-bond acceptors (Lipinski definition) is 3. The van der Waals surface area contributed by atoms with Gasteiger partial charge in [0.2, 0.25) is 0 Å². The summed E-state index contributed by atoms with van der Waals surface area (Å²) in [5.74, 6) is 0. The topological polar surface area (TPSA) is 46.2 Å². The fourth-order valence-electron chi connectivity index (χ4n) is 1.33. The van der Waals surface area contributed by atoms with Gasteiger partial charge in [-0.3, -0.25) is 4.72 Å². The number of aryl methyl sites for hydroxylation is 1. The first kappa shape index (κ1) is 15.4. The van der Waals surface area contributed by atoms with E-state index in [-0.39, 0.29) is 4.21 Å². The van der Waals surface area contributed by atoms with E-state index >= 15 is 0 Å². The van der Waals surface area contributed by atoms with Gasteiger partial charge in [-0.2, -0.15) is 0 Å². The Balaban J connectivity index is 2.39. The van der Waals surface area contributed by atoms with Crippen molar-refractivity contribution in [3.8, 4) is 0 Å². The second kappa shape index (κ2) is 5.77. The third kappa shape index (κ3) is 3.55. The van der Waals surface area contributed by atoms with Gasteiger partial charge in [-0.25, -0.2) is 8.42 Å². The summed E-state index contributed by atoms with van der Waals surface area (Å²) in [6.07, 6.45) is 0. The van der Waals surface area contributed by atoms with Crippen LogP contribution >= 0.6 is 57.1 Å². The molecule has 0 aliphatic heterocycles. The summed E-state index contributed by atoms with van der Waals surface area (Å²) in [4.78, 5) is 0. The molecular formula is C11H8Cl2INO2S2. The summed E-state index contributed by atoms with van der Waals surface area (Å²) in [6, 6.07) is 6.65. The summed E-state index contributed by atoms with van der Waals surface area (Å²) in [6.45, 7) is 1.76. The van der Waals surface area contributed by atoms with Gasteiger partial charge in [0.25, 0.3) is 10.0 Å². The van der Waals surface area contributed by atoms with Crippen LogP contribution in [0.3, 0.4) is 0 Å². The first-order valence-electron chi connectivity index (χ1n) is 5.03. The van der Waals surface area contributed by atoms with E-state index in [9.17, 15) is 8.42 Å². The first-order chi connectivity index (χ1) is 8.79. The van der Waals surface area contributed by atoms with Crippen molar-refractivity contribution < 1.29 is 8.42 Å². The molecule has 0 atom stereocenters. The van der Waals surface area contributed by atoms with Crippen LogP contribution in [0, 0.1) is 10.5 Å². The number of thiophene rings is 1. The van der Waals surface area contributed by atoms with Gasteiger partial charge in [-0.1, -0.05) is 23.2 Å². The van der Waals surface area contributed by atoms with E-state index in [1.54, 1.807) is 25.1 Å². The monoisotopic (exact) mass is 447 g/mol. The van der Waals surface area contributed by atoms with Crippen LogP contribution in [-0.4, -0.2) is 8.42 Å². The number of sulfonamides is 1. The lowest BCUT2D eigenvalue weighted by Crippen LogP contribution is -2.11. The molecule has 2 aromatic rings. The summed E-state index contributed by atoms with van der Waals surface area (Å²) < 4.78 is 28.4. The molecule has 0 radical (unpaired) electrons. The fourth-order valence-corrected chi connectivity index (χ4v) is 4.83. The van der Waals surface area contributed by atoms with Crippen molar-refractivity contribution in [1.29, 1.82) is 0 Å². The van der Waals surface area contributed by atoms with Crippen molar-refractivity contribution in [2.24, 2.45) is 0 Å². The van der Waals surface area contributed by atoms with Crippen molar-refractivity contribution in [2.75, 3.05) is 4.72 Å². The molecule has 0 aliphatic rings. The molecule has 0 saturated heterocycles. The van der Waals surface area contributed by atoms with E-state index < -0.39 is 10.0 Å². The van der Waals surface area contributed by atoms with Crippen LogP contribution in [0.5, 0.6) is 0 Å². The lowest BCUT2D eigenvalue weighted by Gasteiger charge is -2.08. The van der Waals surface area contributed by atoms with Crippen LogP contribution in [0.15, 0.2) is 28.5 Å². The Morgan fingerprint density at radius 1 is 1.26 bits per heavy atom. The van der Waals surface area contributed by atoms with Gasteiger partial charge in [0.15, 0.2) is 0 Å². The zero-order valence-corrected chi connectivity index (χ0v) is 14.9. The Morgan fingerprint density at radius 2 is 1.95 bits per heavy atom. The maximum absolute atomic E-state index is 12.2. The van der Waals surface area contributed by atoms with Crippen LogP contribution in [0.25, 0.3) is 0 Å². The van der Waals surface area contributed by atoms with Crippen LogP contribution in [0.4, 0.5) is 5.69 Å². The van der Waals surface area contributed by atoms with Crippen molar-refractivity contribution in [3.63, 3.8) is 0 Å². The minimum absolute atomic E-state index is 0.171. The molecule has 0 fully saturated rings. The summed E-state index contributed by atoms with van der Waals surface area (Å²) in [5, 5.41) is 0.350. The smallest absolute Gasteiger partial charge is 0.271 e. The molecule has 0 aliphatic carbocycles. The van der Waals surface area contributed by atoms with Crippen LogP contribution in [-0.2, 0) is 10.0 Å². The molecule has 102 valence electrons. The maximum atomic E-state index is 12.2. The number of rotatable bonds is 3. The maximum Gasteiger partial charge on any atom is 0.271 e. The lowest BCUT2D eigenvalue weighted by atomic mass is 10.3. The Hall–Kier alpha value is -0.0200. The Labute approximate surface area is 139 Å². The van der Waals surface area contributed by atoms with Crippen molar-refractivity contribution in [2.45, 2.75) is 11.1 Å². The largest absolute Gasteiger partial charge is 0.277 e. The predicted octanol–water partition coefficient (Wildman–Crippen LogP) is 4.77. The number of hydrogen-bond donors (Lipinski definition) is 1. The molecule has 0 unspecified atom stereocenters. The van der Waals surface area contributed by atoms with Crippen molar-refractivity contribution >= 4 is 72.8 Å². The molecule has 0 spiro atoms. The van der Waals surface area contributed by atoms with Crippen molar-refractivity contribution in [3.05, 3.63) is 42.8 Å². The second-order valence-electron chi connectivity index (χ2n) is 3.75. The van der Waals surface area contributed by atoms with Gasteiger partial charge in [0.05, 0.1) is 15.0 Å². The van der Waals surface area contributed by atoms with Gasteiger partial charge in [0.1, 0.15) is 4.21 Å². The molecule has 1 heterocycles. The van der Waals surface area contributed by atoms with E-state index in [0.29, 0.717) is 15.0 Å². The predicted molar refractivity (Wildman–Crippen MR) is 89.0 cm³/mol. The third-order valence-electron chi connectivity index (χ3n) is 2.27. The molecule has 8 heteroatoms. The molecule has 1 N–H and O–H groups in total. The summed E-state index contributed by atoms with van der Waals surface area (Å²) in [7, 11) is -3.66. The van der Waals surface area contributed by atoms with Gasteiger partial charge < -0.3 is 0 Å².